The quantitative estimate of drug-likeness (QED) is 0.624. The van der Waals surface area contributed by atoms with Crippen LogP contribution in [0.25, 0.3) is 10.6 Å². The first-order valence-corrected chi connectivity index (χ1v) is 11.2. The van der Waals surface area contributed by atoms with Crippen LogP contribution in [0.2, 0.25) is 5.02 Å². The second-order valence-electron chi connectivity index (χ2n) is 7.79. The van der Waals surface area contributed by atoms with Crippen molar-refractivity contribution in [1.82, 2.24) is 19.7 Å². The molecule has 0 spiro atoms. The number of nitrogens with zero attached hydrogens (tertiary/aromatic N) is 4. The van der Waals surface area contributed by atoms with E-state index in [2.05, 4.69) is 10.2 Å². The molecular weight excluding hydrogens is 459 g/mol. The second-order valence-corrected chi connectivity index (χ2v) is 9.26. The van der Waals surface area contributed by atoms with Gasteiger partial charge in [-0.15, -0.1) is 10.2 Å². The molecule has 2 atom stereocenters. The molecule has 166 valence electrons. The number of halogens is 2. The summed E-state index contributed by atoms with van der Waals surface area (Å²) in [5.74, 6) is -1.59. The van der Waals surface area contributed by atoms with Crippen molar-refractivity contribution in [3.63, 3.8) is 0 Å². The van der Waals surface area contributed by atoms with Gasteiger partial charge in [-0.25, -0.2) is 4.39 Å². The number of ether oxygens (including phenoxy) is 1. The zero-order valence-electron chi connectivity index (χ0n) is 16.9. The maximum absolute atomic E-state index is 14.2. The average Bonchev–Trinajstić information content (AvgIpc) is 3.22. The molecule has 1 amide bonds. The Morgan fingerprint density at radius 1 is 1.34 bits per heavy atom. The van der Waals surface area contributed by atoms with E-state index in [1.165, 1.54) is 16.8 Å². The lowest BCUT2D eigenvalue weighted by atomic mass is 10.1. The predicted octanol–water partition coefficient (Wildman–Crippen LogP) is 3.05. The highest BCUT2D eigenvalue weighted by atomic mass is 35.5. The Kier molecular flexibility index (Phi) is 5.23. The standard InChI is InChI=1S/C21H18ClFN4O4S/c1-10-5-6-31-15-9-26-8-12(18(28)19(29)17(26)21(30)27(10)15)20-25-24-14(32-20)7-11-3-2-4-13(22)16(11)23/h2-4,8,10,15,29H,5-7,9H2,1H3/t10-,15?/m0/s1. The molecule has 1 fully saturated rings. The highest BCUT2D eigenvalue weighted by Gasteiger charge is 2.40. The van der Waals surface area contributed by atoms with Gasteiger partial charge in [-0.3, -0.25) is 9.59 Å². The van der Waals surface area contributed by atoms with E-state index < -0.39 is 29.1 Å². The number of carbonyl (C=O) groups excluding carboxylic acids is 1. The molecule has 32 heavy (non-hydrogen) atoms. The van der Waals surface area contributed by atoms with Gasteiger partial charge >= 0.3 is 0 Å². The lowest BCUT2D eigenvalue weighted by molar-refractivity contribution is -0.112. The Morgan fingerprint density at radius 3 is 2.97 bits per heavy atom. The van der Waals surface area contributed by atoms with Crippen LogP contribution in [-0.4, -0.2) is 49.6 Å². The van der Waals surface area contributed by atoms with Crippen molar-refractivity contribution in [3.8, 4) is 16.3 Å². The summed E-state index contributed by atoms with van der Waals surface area (Å²) in [6, 6.07) is 4.65. The highest BCUT2D eigenvalue weighted by Crippen LogP contribution is 2.32. The van der Waals surface area contributed by atoms with Crippen molar-refractivity contribution in [3.05, 3.63) is 61.7 Å². The molecule has 1 unspecified atom stereocenters. The molecular formula is C21H18ClFN4O4S. The molecule has 1 aromatic carbocycles. The molecule has 4 heterocycles. The number of benzene rings is 1. The zero-order chi connectivity index (χ0) is 22.6. The number of hydrogen-bond donors (Lipinski definition) is 1. The third kappa shape index (κ3) is 3.39. The molecule has 1 saturated heterocycles. The highest BCUT2D eigenvalue weighted by molar-refractivity contribution is 7.14. The summed E-state index contributed by atoms with van der Waals surface area (Å²) < 4.78 is 21.5. The average molecular weight is 477 g/mol. The normalized spacial score (nSPS) is 20.2. The largest absolute Gasteiger partial charge is 0.503 e. The Labute approximate surface area is 190 Å². The fraction of sp³-hybridized carbons (Fsp3) is 0.333. The number of fused-ring (bicyclic) bond motifs is 2. The molecule has 1 N–H and O–H groups in total. The predicted molar refractivity (Wildman–Crippen MR) is 115 cm³/mol. The lowest BCUT2D eigenvalue weighted by Crippen LogP contribution is -2.56. The van der Waals surface area contributed by atoms with E-state index in [9.17, 15) is 19.1 Å². The summed E-state index contributed by atoms with van der Waals surface area (Å²) in [6.07, 6.45) is 1.87. The number of carbonyl (C=O) groups is 1. The fourth-order valence-corrected chi connectivity index (χ4v) is 5.16. The van der Waals surface area contributed by atoms with Crippen molar-refractivity contribution in [1.29, 1.82) is 0 Å². The van der Waals surface area contributed by atoms with Crippen LogP contribution < -0.4 is 5.43 Å². The van der Waals surface area contributed by atoms with Crippen molar-refractivity contribution in [2.45, 2.75) is 38.6 Å². The molecule has 2 aliphatic heterocycles. The molecule has 8 nitrogen and oxygen atoms in total. The maximum atomic E-state index is 14.2. The van der Waals surface area contributed by atoms with E-state index >= 15 is 0 Å². The summed E-state index contributed by atoms with van der Waals surface area (Å²) >= 11 is 6.95. The molecule has 5 rings (SSSR count). The first-order valence-electron chi connectivity index (χ1n) is 10.0. The van der Waals surface area contributed by atoms with E-state index in [0.717, 1.165) is 11.3 Å². The van der Waals surface area contributed by atoms with Crippen molar-refractivity contribution >= 4 is 28.8 Å². The van der Waals surface area contributed by atoms with Gasteiger partial charge in [0.05, 0.1) is 23.7 Å². The van der Waals surface area contributed by atoms with Crippen molar-refractivity contribution < 1.29 is 19.0 Å². The summed E-state index contributed by atoms with van der Waals surface area (Å²) in [6.45, 7) is 2.73. The van der Waals surface area contributed by atoms with Crippen LogP contribution >= 0.6 is 22.9 Å². The van der Waals surface area contributed by atoms with E-state index in [-0.39, 0.29) is 40.3 Å². The molecule has 2 aromatic heterocycles. The third-order valence-electron chi connectivity index (χ3n) is 5.75. The van der Waals surface area contributed by atoms with Crippen LogP contribution in [-0.2, 0) is 17.7 Å². The molecule has 0 saturated carbocycles. The van der Waals surface area contributed by atoms with Crippen LogP contribution in [0.3, 0.4) is 0 Å². The monoisotopic (exact) mass is 476 g/mol. The molecule has 0 radical (unpaired) electrons. The SMILES string of the molecule is C[C@H]1CCOC2Cn3cc(-c4nnc(Cc5cccc(Cl)c5F)s4)c(=O)c(O)c3C(=O)N21. The van der Waals surface area contributed by atoms with Crippen LogP contribution in [0.5, 0.6) is 5.75 Å². The van der Waals surface area contributed by atoms with Crippen molar-refractivity contribution in [2.75, 3.05) is 6.61 Å². The maximum Gasteiger partial charge on any atom is 0.276 e. The minimum absolute atomic E-state index is 0.0167. The minimum Gasteiger partial charge on any atom is -0.503 e. The molecule has 0 aliphatic carbocycles. The van der Waals surface area contributed by atoms with E-state index in [1.807, 2.05) is 6.92 Å². The first-order chi connectivity index (χ1) is 15.3. The van der Waals surface area contributed by atoms with Crippen molar-refractivity contribution in [2.24, 2.45) is 0 Å². The Hall–Kier alpha value is -2.82. The zero-order valence-corrected chi connectivity index (χ0v) is 18.5. The minimum atomic E-state index is -0.703. The van der Waals surface area contributed by atoms with Gasteiger partial charge in [0.1, 0.15) is 10.8 Å². The van der Waals surface area contributed by atoms with Gasteiger partial charge in [0, 0.05) is 18.7 Å². The molecule has 11 heteroatoms. The Bertz CT molecular complexity index is 1290. The smallest absolute Gasteiger partial charge is 0.276 e. The van der Waals surface area contributed by atoms with Crippen LogP contribution in [0.4, 0.5) is 4.39 Å². The fourth-order valence-electron chi connectivity index (χ4n) is 4.09. The number of pyridine rings is 1. The summed E-state index contributed by atoms with van der Waals surface area (Å²) in [4.78, 5) is 27.5. The van der Waals surface area contributed by atoms with E-state index in [0.29, 0.717) is 23.6 Å². The van der Waals surface area contributed by atoms with Crippen LogP contribution in [0.1, 0.15) is 34.4 Å². The topological polar surface area (TPSA) is 97.5 Å². The first kappa shape index (κ1) is 21.0. The summed E-state index contributed by atoms with van der Waals surface area (Å²) in [5.41, 5.74) is -0.283. The number of hydrogen-bond acceptors (Lipinski definition) is 7. The molecule has 0 bridgehead atoms. The molecule has 3 aromatic rings. The lowest BCUT2D eigenvalue weighted by Gasteiger charge is -2.44. The summed E-state index contributed by atoms with van der Waals surface area (Å²) in [5, 5.41) is 19.5. The number of aromatic nitrogens is 3. The summed E-state index contributed by atoms with van der Waals surface area (Å²) in [7, 11) is 0. The van der Waals surface area contributed by atoms with Gasteiger partial charge in [0.15, 0.2) is 22.7 Å². The van der Waals surface area contributed by atoms with Crippen LogP contribution in [0.15, 0.2) is 29.2 Å². The Morgan fingerprint density at radius 2 is 2.16 bits per heavy atom. The van der Waals surface area contributed by atoms with Gasteiger partial charge in [-0.1, -0.05) is 35.1 Å². The number of rotatable bonds is 3. The van der Waals surface area contributed by atoms with Crippen LogP contribution in [0, 0.1) is 5.82 Å². The van der Waals surface area contributed by atoms with Gasteiger partial charge in [-0.2, -0.15) is 0 Å². The van der Waals surface area contributed by atoms with Gasteiger partial charge in [0.25, 0.3) is 5.91 Å². The van der Waals surface area contributed by atoms with E-state index in [1.54, 1.807) is 17.0 Å². The number of amides is 1. The number of aromatic hydroxyl groups is 1. The van der Waals surface area contributed by atoms with Gasteiger partial charge in [0.2, 0.25) is 5.43 Å². The van der Waals surface area contributed by atoms with Gasteiger partial charge < -0.3 is 19.3 Å². The van der Waals surface area contributed by atoms with Gasteiger partial charge in [-0.05, 0) is 25.0 Å². The van der Waals surface area contributed by atoms with E-state index in [4.69, 9.17) is 16.3 Å². The Balaban J connectivity index is 1.51. The second kappa shape index (κ2) is 7.95. The third-order valence-corrected chi connectivity index (χ3v) is 7.00. The molecule has 2 aliphatic rings.